The lowest BCUT2D eigenvalue weighted by molar-refractivity contribution is 0.103. The van der Waals surface area contributed by atoms with Crippen LogP contribution in [0.15, 0.2) is 84.0 Å². The summed E-state index contributed by atoms with van der Waals surface area (Å²) in [5.74, 6) is -0.297. The van der Waals surface area contributed by atoms with Crippen LogP contribution in [0.4, 0.5) is 5.69 Å². The van der Waals surface area contributed by atoms with Crippen LogP contribution in [0.25, 0.3) is 0 Å². The number of pyridine rings is 1. The van der Waals surface area contributed by atoms with Crippen LogP contribution >= 0.6 is 0 Å². The van der Waals surface area contributed by atoms with Gasteiger partial charge in [0.15, 0.2) is 5.78 Å². The fourth-order valence-corrected chi connectivity index (χ4v) is 3.33. The molecule has 0 atom stereocenters. The Hall–Kier alpha value is -2.99. The zero-order chi connectivity index (χ0) is 17.0. The van der Waals surface area contributed by atoms with Crippen molar-refractivity contribution in [3.8, 4) is 0 Å². The van der Waals surface area contributed by atoms with Crippen LogP contribution in [0.5, 0.6) is 0 Å². The van der Waals surface area contributed by atoms with E-state index in [1.165, 1.54) is 18.3 Å². The van der Waals surface area contributed by atoms with Gasteiger partial charge in [0.2, 0.25) is 0 Å². The van der Waals surface area contributed by atoms with Gasteiger partial charge in [-0.3, -0.25) is 14.5 Å². The number of sulfonamides is 1. The summed E-state index contributed by atoms with van der Waals surface area (Å²) in [4.78, 5) is 16.7. The van der Waals surface area contributed by atoms with E-state index in [0.717, 1.165) is 0 Å². The molecule has 0 bridgehead atoms. The van der Waals surface area contributed by atoms with Crippen molar-refractivity contribution in [2.24, 2.45) is 0 Å². The molecule has 24 heavy (non-hydrogen) atoms. The van der Waals surface area contributed by atoms with E-state index in [-0.39, 0.29) is 21.9 Å². The van der Waals surface area contributed by atoms with Crippen LogP contribution in [0.3, 0.4) is 0 Å². The summed E-state index contributed by atoms with van der Waals surface area (Å²) in [5, 5.41) is 0. The number of carbonyl (C=O) groups excluding carboxylic acids is 1. The maximum Gasteiger partial charge on any atom is 0.261 e. The SMILES string of the molecule is O=C(c1cccnc1)c1ccccc1NS(=O)(=O)c1ccccc1. The van der Waals surface area contributed by atoms with Crippen molar-refractivity contribution in [3.05, 3.63) is 90.3 Å². The van der Waals surface area contributed by atoms with Gasteiger partial charge in [-0.25, -0.2) is 8.42 Å². The summed E-state index contributed by atoms with van der Waals surface area (Å²) in [6, 6.07) is 17.8. The van der Waals surface area contributed by atoms with E-state index in [1.807, 2.05) is 0 Å². The Bertz CT molecular complexity index is 956. The number of anilines is 1. The number of hydrogen-bond donors (Lipinski definition) is 1. The highest BCUT2D eigenvalue weighted by Crippen LogP contribution is 2.22. The van der Waals surface area contributed by atoms with Gasteiger partial charge in [0.25, 0.3) is 10.0 Å². The van der Waals surface area contributed by atoms with Crippen LogP contribution < -0.4 is 4.72 Å². The summed E-state index contributed by atoms with van der Waals surface area (Å²) in [6.07, 6.45) is 3.02. The van der Waals surface area contributed by atoms with E-state index in [1.54, 1.807) is 60.8 Å². The van der Waals surface area contributed by atoms with Gasteiger partial charge in [0.05, 0.1) is 10.6 Å². The topological polar surface area (TPSA) is 76.1 Å². The van der Waals surface area contributed by atoms with Crippen molar-refractivity contribution >= 4 is 21.5 Å². The minimum absolute atomic E-state index is 0.133. The second-order valence-electron chi connectivity index (χ2n) is 5.03. The molecular weight excluding hydrogens is 324 g/mol. The van der Waals surface area contributed by atoms with E-state index < -0.39 is 10.0 Å². The van der Waals surface area contributed by atoms with Crippen molar-refractivity contribution in [3.63, 3.8) is 0 Å². The average Bonchev–Trinajstić information content (AvgIpc) is 2.63. The van der Waals surface area contributed by atoms with Crippen molar-refractivity contribution in [1.29, 1.82) is 0 Å². The second kappa shape index (κ2) is 6.64. The molecule has 0 radical (unpaired) electrons. The largest absolute Gasteiger partial charge is 0.288 e. The average molecular weight is 338 g/mol. The van der Waals surface area contributed by atoms with Gasteiger partial charge >= 0.3 is 0 Å². The van der Waals surface area contributed by atoms with Gasteiger partial charge in [-0.15, -0.1) is 0 Å². The molecule has 0 aliphatic carbocycles. The molecule has 2 aromatic carbocycles. The molecule has 0 saturated carbocycles. The van der Waals surface area contributed by atoms with Crippen molar-refractivity contribution in [2.45, 2.75) is 4.90 Å². The number of aromatic nitrogens is 1. The number of para-hydroxylation sites is 1. The number of hydrogen-bond acceptors (Lipinski definition) is 4. The number of carbonyl (C=O) groups is 1. The van der Waals surface area contributed by atoms with E-state index in [4.69, 9.17) is 0 Å². The molecule has 3 rings (SSSR count). The number of rotatable bonds is 5. The van der Waals surface area contributed by atoms with Gasteiger partial charge in [-0.05, 0) is 36.4 Å². The van der Waals surface area contributed by atoms with Crippen molar-refractivity contribution < 1.29 is 13.2 Å². The zero-order valence-electron chi connectivity index (χ0n) is 12.6. The number of benzene rings is 2. The Kier molecular flexibility index (Phi) is 4.39. The molecule has 1 heterocycles. The number of ketones is 1. The lowest BCUT2D eigenvalue weighted by Crippen LogP contribution is -2.15. The Morgan fingerprint density at radius 2 is 1.58 bits per heavy atom. The molecule has 3 aromatic rings. The van der Waals surface area contributed by atoms with Crippen molar-refractivity contribution in [2.75, 3.05) is 4.72 Å². The van der Waals surface area contributed by atoms with E-state index in [0.29, 0.717) is 5.56 Å². The number of nitrogens with zero attached hydrogens (tertiary/aromatic N) is 1. The van der Waals surface area contributed by atoms with Gasteiger partial charge in [-0.1, -0.05) is 30.3 Å². The molecular formula is C18H14N2O3S. The molecule has 0 amide bonds. The van der Waals surface area contributed by atoms with E-state index in [9.17, 15) is 13.2 Å². The highest BCUT2D eigenvalue weighted by atomic mass is 32.2. The van der Waals surface area contributed by atoms with Gasteiger partial charge < -0.3 is 0 Å². The fraction of sp³-hybridized carbons (Fsp3) is 0. The predicted octanol–water partition coefficient (Wildman–Crippen LogP) is 3.11. The molecule has 6 heteroatoms. The molecule has 1 aromatic heterocycles. The highest BCUT2D eigenvalue weighted by molar-refractivity contribution is 7.92. The molecule has 0 fully saturated rings. The first-order valence-corrected chi connectivity index (χ1v) is 8.68. The van der Waals surface area contributed by atoms with Crippen LogP contribution in [0, 0.1) is 0 Å². The third kappa shape index (κ3) is 3.33. The lowest BCUT2D eigenvalue weighted by atomic mass is 10.0. The monoisotopic (exact) mass is 338 g/mol. The molecule has 0 spiro atoms. The first-order chi connectivity index (χ1) is 11.6. The summed E-state index contributed by atoms with van der Waals surface area (Å²) < 4.78 is 27.4. The van der Waals surface area contributed by atoms with Gasteiger partial charge in [0.1, 0.15) is 0 Å². The van der Waals surface area contributed by atoms with E-state index >= 15 is 0 Å². The zero-order valence-corrected chi connectivity index (χ0v) is 13.4. The van der Waals surface area contributed by atoms with Gasteiger partial charge in [-0.2, -0.15) is 0 Å². The first kappa shape index (κ1) is 15.9. The van der Waals surface area contributed by atoms with Crippen LogP contribution in [0.2, 0.25) is 0 Å². The summed E-state index contributed by atoms with van der Waals surface area (Å²) in [5.41, 5.74) is 0.893. The standard InChI is InChI=1S/C18H14N2O3S/c21-18(14-7-6-12-19-13-14)16-10-4-5-11-17(16)20-24(22,23)15-8-2-1-3-9-15/h1-13,20H. The second-order valence-corrected chi connectivity index (χ2v) is 6.72. The Morgan fingerprint density at radius 1 is 0.875 bits per heavy atom. The Balaban J connectivity index is 1.97. The highest BCUT2D eigenvalue weighted by Gasteiger charge is 2.19. The molecule has 0 aliphatic heterocycles. The summed E-state index contributed by atoms with van der Waals surface area (Å²) in [6.45, 7) is 0. The molecule has 120 valence electrons. The maximum absolute atomic E-state index is 12.6. The smallest absolute Gasteiger partial charge is 0.261 e. The van der Waals surface area contributed by atoms with Crippen LogP contribution in [0.1, 0.15) is 15.9 Å². The predicted molar refractivity (Wildman–Crippen MR) is 91.4 cm³/mol. The Labute approximate surface area is 140 Å². The molecule has 0 saturated heterocycles. The van der Waals surface area contributed by atoms with Crippen LogP contribution in [-0.4, -0.2) is 19.2 Å². The van der Waals surface area contributed by atoms with Crippen LogP contribution in [-0.2, 0) is 10.0 Å². The molecule has 5 nitrogen and oxygen atoms in total. The quantitative estimate of drug-likeness (QED) is 0.725. The van der Waals surface area contributed by atoms with E-state index in [2.05, 4.69) is 9.71 Å². The lowest BCUT2D eigenvalue weighted by Gasteiger charge is -2.12. The third-order valence-electron chi connectivity index (χ3n) is 3.39. The number of nitrogens with one attached hydrogen (secondary N) is 1. The maximum atomic E-state index is 12.6. The fourth-order valence-electron chi connectivity index (χ4n) is 2.23. The molecule has 1 N–H and O–H groups in total. The summed E-state index contributed by atoms with van der Waals surface area (Å²) >= 11 is 0. The van der Waals surface area contributed by atoms with Crippen molar-refractivity contribution in [1.82, 2.24) is 4.98 Å². The van der Waals surface area contributed by atoms with Gasteiger partial charge in [0, 0.05) is 23.5 Å². The summed E-state index contributed by atoms with van der Waals surface area (Å²) in [7, 11) is -3.77. The molecule has 0 aliphatic rings. The normalized spacial score (nSPS) is 11.0. The third-order valence-corrected chi connectivity index (χ3v) is 4.77. The molecule has 0 unspecified atom stereocenters. The first-order valence-electron chi connectivity index (χ1n) is 7.19. The Morgan fingerprint density at radius 3 is 2.29 bits per heavy atom. The minimum atomic E-state index is -3.77. The minimum Gasteiger partial charge on any atom is -0.288 e.